The largest absolute Gasteiger partial charge is 0.310 e. The Morgan fingerprint density at radius 3 is 1.37 bits per heavy atom. The average molecular weight is 769 g/mol. The molecular weight excluding hydrogens is 725 g/mol. The third-order valence-corrected chi connectivity index (χ3v) is 13.9. The maximum absolute atomic E-state index is 4.88. The van der Waals surface area contributed by atoms with Gasteiger partial charge < -0.3 is 9.80 Å². The van der Waals surface area contributed by atoms with E-state index in [1.807, 2.05) is 0 Å². The summed E-state index contributed by atoms with van der Waals surface area (Å²) in [5, 5.41) is 5.00. The van der Waals surface area contributed by atoms with Gasteiger partial charge in [0.05, 0.1) is 17.1 Å². The minimum absolute atomic E-state index is 0.146. The summed E-state index contributed by atoms with van der Waals surface area (Å²) in [7, 11) is 0. The Hall–Kier alpha value is -7.16. The lowest BCUT2D eigenvalue weighted by Gasteiger charge is -2.52. The fraction of sp³-hybridized carbons (Fsp3) is 0.103. The van der Waals surface area contributed by atoms with Gasteiger partial charge in [0.2, 0.25) is 0 Å². The molecular formula is C58H44N2. The van der Waals surface area contributed by atoms with E-state index in [4.69, 9.17) is 6.58 Å². The average Bonchev–Trinajstić information content (AvgIpc) is 3.28. The molecule has 0 unspecified atom stereocenters. The third-order valence-electron chi connectivity index (χ3n) is 13.9. The Kier molecular flexibility index (Phi) is 7.22. The van der Waals surface area contributed by atoms with Gasteiger partial charge in [-0.3, -0.25) is 0 Å². The number of benzene rings is 9. The minimum Gasteiger partial charge on any atom is -0.310 e. The molecule has 9 aromatic carbocycles. The van der Waals surface area contributed by atoms with E-state index in [0.29, 0.717) is 0 Å². The molecule has 2 nitrogen and oxygen atoms in total. The molecule has 0 N–H and O–H groups in total. The van der Waals surface area contributed by atoms with Crippen LogP contribution in [0.25, 0.3) is 49.4 Å². The molecule has 0 amide bonds. The Labute approximate surface area is 352 Å². The second-order valence-electron chi connectivity index (χ2n) is 17.9. The molecule has 0 atom stereocenters. The van der Waals surface area contributed by atoms with Crippen LogP contribution in [0.1, 0.15) is 61.1 Å². The first-order valence-corrected chi connectivity index (χ1v) is 21.1. The molecule has 0 bridgehead atoms. The molecule has 0 spiro atoms. The number of para-hydroxylation sites is 2. The molecule has 0 fully saturated rings. The van der Waals surface area contributed by atoms with Crippen molar-refractivity contribution in [1.82, 2.24) is 0 Å². The normalized spacial score (nSPS) is 14.9. The predicted octanol–water partition coefficient (Wildman–Crippen LogP) is 15.9. The lowest BCUT2D eigenvalue weighted by molar-refractivity contribution is 0.596. The maximum atomic E-state index is 4.88. The van der Waals surface area contributed by atoms with E-state index in [1.54, 1.807) is 0 Å². The highest BCUT2D eigenvalue weighted by molar-refractivity contribution is 6.08. The van der Waals surface area contributed by atoms with E-state index >= 15 is 0 Å². The Morgan fingerprint density at radius 2 is 0.817 bits per heavy atom. The minimum atomic E-state index is -0.270. The van der Waals surface area contributed by atoms with Gasteiger partial charge in [-0.25, -0.2) is 0 Å². The van der Waals surface area contributed by atoms with Crippen molar-refractivity contribution in [2.24, 2.45) is 0 Å². The zero-order valence-electron chi connectivity index (χ0n) is 34.4. The number of nitrogens with zero attached hydrogens (tertiary/aromatic N) is 2. The molecule has 0 radical (unpaired) electrons. The maximum Gasteiger partial charge on any atom is 0.0583 e. The van der Waals surface area contributed by atoms with Crippen LogP contribution < -0.4 is 9.80 Å². The molecule has 0 saturated carbocycles. The SMILES string of the molecule is C=C1c2cccc3c2N2c4c1cc(N(c1ccc(-c5ccc6ccccc6c5)cc1)c1ccc(-c5ccc6ccccc6c5)cc1)cc4C(C)(C)c1cccc(c12)C3(C)C. The van der Waals surface area contributed by atoms with Crippen LogP contribution in [-0.4, -0.2) is 0 Å². The second-order valence-corrected chi connectivity index (χ2v) is 17.9. The van der Waals surface area contributed by atoms with Gasteiger partial charge in [0.15, 0.2) is 0 Å². The van der Waals surface area contributed by atoms with E-state index in [0.717, 1.165) is 22.6 Å². The fourth-order valence-corrected chi connectivity index (χ4v) is 10.6. The molecule has 60 heavy (non-hydrogen) atoms. The van der Waals surface area contributed by atoms with Gasteiger partial charge in [-0.1, -0.05) is 168 Å². The third kappa shape index (κ3) is 4.88. The van der Waals surface area contributed by atoms with Gasteiger partial charge in [0.1, 0.15) is 0 Å². The monoisotopic (exact) mass is 768 g/mol. The summed E-state index contributed by atoms with van der Waals surface area (Å²) in [5.41, 5.74) is 20.5. The number of hydrogen-bond acceptors (Lipinski definition) is 2. The molecule has 2 heteroatoms. The van der Waals surface area contributed by atoms with Crippen molar-refractivity contribution in [3.63, 3.8) is 0 Å². The smallest absolute Gasteiger partial charge is 0.0583 e. The van der Waals surface area contributed by atoms with Crippen molar-refractivity contribution in [3.8, 4) is 22.3 Å². The summed E-state index contributed by atoms with van der Waals surface area (Å²) in [4.78, 5) is 5.03. The Morgan fingerprint density at radius 1 is 0.367 bits per heavy atom. The zero-order chi connectivity index (χ0) is 40.5. The number of fused-ring (bicyclic) bond motifs is 2. The van der Waals surface area contributed by atoms with Gasteiger partial charge in [-0.05, 0) is 120 Å². The van der Waals surface area contributed by atoms with Crippen molar-refractivity contribution in [2.45, 2.75) is 38.5 Å². The summed E-state index contributed by atoms with van der Waals surface area (Å²) < 4.78 is 0. The molecule has 0 aromatic heterocycles. The van der Waals surface area contributed by atoms with E-state index in [9.17, 15) is 0 Å². The number of anilines is 6. The van der Waals surface area contributed by atoms with Gasteiger partial charge in [-0.2, -0.15) is 0 Å². The molecule has 0 saturated heterocycles. The molecule has 286 valence electrons. The van der Waals surface area contributed by atoms with E-state index < -0.39 is 0 Å². The van der Waals surface area contributed by atoms with Crippen LogP contribution in [0.2, 0.25) is 0 Å². The van der Waals surface area contributed by atoms with Crippen LogP contribution in [0.5, 0.6) is 0 Å². The van der Waals surface area contributed by atoms with E-state index in [2.05, 4.69) is 219 Å². The van der Waals surface area contributed by atoms with Gasteiger partial charge in [0, 0.05) is 39.0 Å². The van der Waals surface area contributed by atoms with Crippen molar-refractivity contribution in [3.05, 3.63) is 222 Å². The van der Waals surface area contributed by atoms with Crippen molar-refractivity contribution in [1.29, 1.82) is 0 Å². The van der Waals surface area contributed by atoms with Crippen molar-refractivity contribution < 1.29 is 0 Å². The summed E-state index contributed by atoms with van der Waals surface area (Å²) in [6.07, 6.45) is 0. The van der Waals surface area contributed by atoms with Crippen LogP contribution in [0.15, 0.2) is 189 Å². The topological polar surface area (TPSA) is 6.48 Å². The van der Waals surface area contributed by atoms with E-state index in [1.165, 1.54) is 94.2 Å². The molecule has 3 aliphatic rings. The quantitative estimate of drug-likeness (QED) is 0.172. The van der Waals surface area contributed by atoms with Crippen LogP contribution in [0.3, 0.4) is 0 Å². The summed E-state index contributed by atoms with van der Waals surface area (Å²) >= 11 is 0. The lowest BCUT2D eigenvalue weighted by Crippen LogP contribution is -2.40. The molecule has 3 heterocycles. The first kappa shape index (κ1) is 34.8. The molecule has 0 aliphatic carbocycles. The summed E-state index contributed by atoms with van der Waals surface area (Å²) in [6.45, 7) is 14.5. The lowest BCUT2D eigenvalue weighted by atomic mass is 9.64. The standard InChI is InChI=1S/C58H44N2/c1-36-48-16-10-17-50-54(48)60-55-49(36)34-47(35-53(55)58(4,5)52-19-11-18-51(56(52)60)57(50,2)3)59(45-28-24-39(25-29-45)43-22-20-37-12-6-8-14-41(37)32-43)46-30-26-40(27-31-46)44-23-21-38-13-7-9-15-42(38)33-44/h6-35H,1H2,2-5H3. The van der Waals surface area contributed by atoms with Gasteiger partial charge >= 0.3 is 0 Å². The summed E-state index contributed by atoms with van der Waals surface area (Å²) in [5.74, 6) is 0. The Balaban J connectivity index is 1.05. The highest BCUT2D eigenvalue weighted by Crippen LogP contribution is 2.65. The number of hydrogen-bond donors (Lipinski definition) is 0. The van der Waals surface area contributed by atoms with E-state index in [-0.39, 0.29) is 10.8 Å². The second kappa shape index (κ2) is 12.4. The summed E-state index contributed by atoms with van der Waals surface area (Å²) in [6, 6.07) is 67.5. The van der Waals surface area contributed by atoms with Crippen LogP contribution in [-0.2, 0) is 10.8 Å². The molecule has 3 aliphatic heterocycles. The first-order chi connectivity index (χ1) is 29.2. The zero-order valence-corrected chi connectivity index (χ0v) is 34.4. The first-order valence-electron chi connectivity index (χ1n) is 21.1. The van der Waals surface area contributed by atoms with Crippen LogP contribution >= 0.6 is 0 Å². The van der Waals surface area contributed by atoms with Gasteiger partial charge in [0.25, 0.3) is 0 Å². The van der Waals surface area contributed by atoms with Crippen molar-refractivity contribution in [2.75, 3.05) is 9.80 Å². The molecule has 9 aromatic rings. The fourth-order valence-electron chi connectivity index (χ4n) is 10.6. The number of rotatable bonds is 5. The van der Waals surface area contributed by atoms with Crippen LogP contribution in [0.4, 0.5) is 34.1 Å². The van der Waals surface area contributed by atoms with Crippen LogP contribution in [0, 0.1) is 0 Å². The van der Waals surface area contributed by atoms with Crippen molar-refractivity contribution >= 4 is 61.2 Å². The highest BCUT2D eigenvalue weighted by Gasteiger charge is 2.49. The highest BCUT2D eigenvalue weighted by atomic mass is 15.2. The van der Waals surface area contributed by atoms with Gasteiger partial charge in [-0.15, -0.1) is 0 Å². The predicted molar refractivity (Wildman–Crippen MR) is 254 cm³/mol. The Bertz CT molecular complexity index is 3150. The molecule has 12 rings (SSSR count).